The Bertz CT molecular complexity index is 1010. The van der Waals surface area contributed by atoms with Gasteiger partial charge in [-0.1, -0.05) is 53.6 Å². The normalized spacial score (nSPS) is 32.5. The van der Waals surface area contributed by atoms with Crippen molar-refractivity contribution in [1.82, 2.24) is 20.2 Å². The number of aromatic nitrogens is 4. The summed E-state index contributed by atoms with van der Waals surface area (Å²) in [6.07, 6.45) is 3.57. The maximum absolute atomic E-state index is 4.49. The maximum atomic E-state index is 4.49. The summed E-state index contributed by atoms with van der Waals surface area (Å²) < 4.78 is 2.14. The van der Waals surface area contributed by atoms with Crippen molar-refractivity contribution in [3.05, 3.63) is 70.8 Å². The zero-order valence-corrected chi connectivity index (χ0v) is 14.4. The van der Waals surface area contributed by atoms with Crippen LogP contribution >= 0.6 is 0 Å². The number of benzene rings is 2. The number of hydrogen-bond donors (Lipinski definition) is 0. The summed E-state index contributed by atoms with van der Waals surface area (Å²) in [5, 5.41) is 13.0. The van der Waals surface area contributed by atoms with Gasteiger partial charge in [-0.05, 0) is 57.9 Å². The SMILES string of the molecule is c1ccc2c(c1)C[C@H]1[C@@H]2[C@@H]1n1nnnc1N1C2CCC1c1ccccc12. The van der Waals surface area contributed by atoms with E-state index in [1.165, 1.54) is 35.1 Å². The Morgan fingerprint density at radius 1 is 0.846 bits per heavy atom. The third-order valence-corrected chi connectivity index (χ3v) is 7.08. The number of nitrogens with zero attached hydrogens (tertiary/aromatic N) is 5. The fraction of sp³-hybridized carbons (Fsp3) is 0.381. The molecule has 1 saturated carbocycles. The number of rotatable bonds is 2. The van der Waals surface area contributed by atoms with E-state index >= 15 is 0 Å². The van der Waals surface area contributed by atoms with Crippen LogP contribution in [0.25, 0.3) is 0 Å². The highest BCUT2D eigenvalue weighted by atomic mass is 15.6. The minimum atomic E-state index is 0.429. The van der Waals surface area contributed by atoms with E-state index < -0.39 is 0 Å². The molecular formula is C21H19N5. The van der Waals surface area contributed by atoms with Crippen LogP contribution in [-0.4, -0.2) is 20.2 Å². The first-order chi connectivity index (χ1) is 12.9. The fourth-order valence-electron chi connectivity index (χ4n) is 6.02. The van der Waals surface area contributed by atoms with Crippen molar-refractivity contribution >= 4 is 5.95 Å². The summed E-state index contributed by atoms with van der Waals surface area (Å²) in [7, 11) is 0. The van der Waals surface area contributed by atoms with Gasteiger partial charge >= 0.3 is 0 Å². The van der Waals surface area contributed by atoms with Crippen LogP contribution in [0, 0.1) is 5.92 Å². The van der Waals surface area contributed by atoms with Crippen LogP contribution in [0.1, 0.15) is 59.1 Å². The summed E-state index contributed by atoms with van der Waals surface area (Å²) in [5.74, 6) is 2.24. The van der Waals surface area contributed by atoms with Crippen molar-refractivity contribution in [2.24, 2.45) is 5.92 Å². The van der Waals surface area contributed by atoms with Gasteiger partial charge in [-0.25, -0.2) is 4.68 Å². The average Bonchev–Trinajstić information content (AvgIpc) is 3.17. The molecule has 3 heterocycles. The van der Waals surface area contributed by atoms with E-state index in [-0.39, 0.29) is 0 Å². The molecule has 128 valence electrons. The molecule has 0 N–H and O–H groups in total. The molecule has 0 radical (unpaired) electrons. The van der Waals surface area contributed by atoms with Crippen molar-refractivity contribution < 1.29 is 0 Å². The largest absolute Gasteiger partial charge is 0.326 e. The van der Waals surface area contributed by atoms with Crippen molar-refractivity contribution in [3.8, 4) is 0 Å². The van der Waals surface area contributed by atoms with Crippen LogP contribution in [0.2, 0.25) is 0 Å². The molecule has 2 aliphatic carbocycles. The lowest BCUT2D eigenvalue weighted by Crippen LogP contribution is -2.23. The first-order valence-electron chi connectivity index (χ1n) is 9.64. The predicted octanol–water partition coefficient (Wildman–Crippen LogP) is 3.58. The highest BCUT2D eigenvalue weighted by Crippen LogP contribution is 2.65. The average molecular weight is 341 g/mol. The number of anilines is 1. The highest BCUT2D eigenvalue weighted by Gasteiger charge is 2.59. The van der Waals surface area contributed by atoms with Crippen molar-refractivity contribution in [3.63, 3.8) is 0 Å². The molecule has 2 bridgehead atoms. The van der Waals surface area contributed by atoms with E-state index in [2.05, 4.69) is 73.6 Å². The van der Waals surface area contributed by atoms with E-state index in [1.54, 1.807) is 0 Å². The zero-order valence-electron chi connectivity index (χ0n) is 14.4. The third kappa shape index (κ3) is 1.51. The van der Waals surface area contributed by atoms with Crippen LogP contribution < -0.4 is 4.90 Å². The fourth-order valence-corrected chi connectivity index (χ4v) is 6.02. The molecule has 3 aromatic rings. The van der Waals surface area contributed by atoms with Crippen LogP contribution in [0.3, 0.4) is 0 Å². The van der Waals surface area contributed by atoms with E-state index in [1.807, 2.05) is 0 Å². The lowest BCUT2D eigenvalue weighted by atomic mass is 9.92. The molecule has 1 saturated heterocycles. The molecule has 1 aromatic heterocycles. The van der Waals surface area contributed by atoms with E-state index in [0.29, 0.717) is 30.0 Å². The molecule has 7 rings (SSSR count). The quantitative estimate of drug-likeness (QED) is 0.715. The highest BCUT2D eigenvalue weighted by molar-refractivity contribution is 5.54. The topological polar surface area (TPSA) is 46.8 Å². The van der Waals surface area contributed by atoms with Gasteiger partial charge in [-0.3, -0.25) is 0 Å². The zero-order chi connectivity index (χ0) is 16.8. The van der Waals surface area contributed by atoms with Gasteiger partial charge in [0.15, 0.2) is 0 Å². The molecule has 5 atom stereocenters. The maximum Gasteiger partial charge on any atom is 0.246 e. The number of fused-ring (bicyclic) bond motifs is 8. The van der Waals surface area contributed by atoms with Crippen LogP contribution in [0.4, 0.5) is 5.95 Å². The van der Waals surface area contributed by atoms with Crippen LogP contribution in [0.15, 0.2) is 48.5 Å². The summed E-state index contributed by atoms with van der Waals surface area (Å²) in [4.78, 5) is 2.49. The predicted molar refractivity (Wildman–Crippen MR) is 96.9 cm³/mol. The lowest BCUT2D eigenvalue weighted by molar-refractivity contribution is 0.540. The van der Waals surface area contributed by atoms with Gasteiger partial charge < -0.3 is 4.90 Å². The smallest absolute Gasteiger partial charge is 0.246 e. The first-order valence-corrected chi connectivity index (χ1v) is 9.64. The second kappa shape index (κ2) is 4.53. The second-order valence-electron chi connectivity index (χ2n) is 8.15. The van der Waals surface area contributed by atoms with E-state index in [9.17, 15) is 0 Å². The summed E-state index contributed by atoms with van der Waals surface area (Å²) in [6, 6.07) is 19.1. The van der Waals surface area contributed by atoms with Crippen molar-refractivity contribution in [2.75, 3.05) is 4.90 Å². The number of hydrogen-bond acceptors (Lipinski definition) is 4. The molecule has 2 aromatic carbocycles. The van der Waals surface area contributed by atoms with Gasteiger partial charge in [0, 0.05) is 5.92 Å². The third-order valence-electron chi connectivity index (χ3n) is 7.08. The van der Waals surface area contributed by atoms with E-state index in [4.69, 9.17) is 0 Å². The molecular weight excluding hydrogens is 322 g/mol. The minimum absolute atomic E-state index is 0.429. The molecule has 5 heteroatoms. The molecule has 2 unspecified atom stereocenters. The van der Waals surface area contributed by atoms with Crippen molar-refractivity contribution in [2.45, 2.75) is 43.3 Å². The Hall–Kier alpha value is -2.69. The summed E-state index contributed by atoms with van der Waals surface area (Å²) in [5.41, 5.74) is 5.97. The van der Waals surface area contributed by atoms with Gasteiger partial charge in [0.2, 0.25) is 5.95 Å². The van der Waals surface area contributed by atoms with Gasteiger partial charge in [0.05, 0.1) is 18.1 Å². The standard InChI is InChI=1S/C21H19N5/c1-2-6-13-12(5-1)11-16-19(13)20(16)26-21(22-23-24-26)25-17-9-10-18(25)15-8-4-3-7-14(15)17/h1-8,16-20H,9-11H2/t16-,17?,18?,19+,20+/m0/s1. The first kappa shape index (κ1) is 13.5. The Morgan fingerprint density at radius 2 is 1.54 bits per heavy atom. The minimum Gasteiger partial charge on any atom is -0.326 e. The lowest BCUT2D eigenvalue weighted by Gasteiger charge is -2.23. The molecule has 2 aliphatic heterocycles. The van der Waals surface area contributed by atoms with E-state index in [0.717, 1.165) is 12.4 Å². The second-order valence-corrected chi connectivity index (χ2v) is 8.15. The van der Waals surface area contributed by atoms with Gasteiger partial charge in [0.1, 0.15) is 0 Å². The van der Waals surface area contributed by atoms with Gasteiger partial charge in [-0.15, -0.1) is 0 Å². The Labute approximate surface area is 151 Å². The van der Waals surface area contributed by atoms with Crippen LogP contribution in [-0.2, 0) is 6.42 Å². The van der Waals surface area contributed by atoms with Crippen molar-refractivity contribution in [1.29, 1.82) is 0 Å². The molecule has 4 aliphatic rings. The Kier molecular flexibility index (Phi) is 2.35. The Morgan fingerprint density at radius 3 is 2.31 bits per heavy atom. The van der Waals surface area contributed by atoms with Crippen LogP contribution in [0.5, 0.6) is 0 Å². The van der Waals surface area contributed by atoms with Gasteiger partial charge in [0.25, 0.3) is 0 Å². The summed E-state index contributed by atoms with van der Waals surface area (Å²) >= 11 is 0. The Balaban J connectivity index is 1.28. The molecule has 26 heavy (non-hydrogen) atoms. The molecule has 0 amide bonds. The summed E-state index contributed by atoms with van der Waals surface area (Å²) in [6.45, 7) is 0. The van der Waals surface area contributed by atoms with Gasteiger partial charge in [-0.2, -0.15) is 0 Å². The number of tetrazole rings is 1. The monoisotopic (exact) mass is 341 g/mol. The molecule has 5 nitrogen and oxygen atoms in total. The molecule has 0 spiro atoms. The molecule has 2 fully saturated rings.